The van der Waals surface area contributed by atoms with E-state index in [9.17, 15) is 4.79 Å². The average molecular weight is 437 g/mol. The molecular weight excluding hydrogens is 412 g/mol. The molecule has 0 aliphatic carbocycles. The first-order valence-corrected chi connectivity index (χ1v) is 10.9. The fraction of sp³-hybridized carbons (Fsp3) is 0.143. The molecule has 0 radical (unpaired) electrons. The van der Waals surface area contributed by atoms with Crippen molar-refractivity contribution in [3.05, 3.63) is 90.0 Å². The molecule has 33 heavy (non-hydrogen) atoms. The van der Waals surface area contributed by atoms with E-state index >= 15 is 0 Å². The molecule has 0 saturated heterocycles. The summed E-state index contributed by atoms with van der Waals surface area (Å²) in [5.41, 5.74) is 4.66. The maximum atomic E-state index is 13.2. The molecule has 164 valence electrons. The number of fused-ring (bicyclic) bond motifs is 2. The van der Waals surface area contributed by atoms with Gasteiger partial charge in [-0.3, -0.25) is 4.79 Å². The molecule has 0 atom stereocenters. The Kier molecular flexibility index (Phi) is 5.31. The molecule has 0 unspecified atom stereocenters. The molecule has 0 aliphatic rings. The van der Waals surface area contributed by atoms with Gasteiger partial charge in [0.25, 0.3) is 5.91 Å². The maximum absolute atomic E-state index is 13.2. The van der Waals surface area contributed by atoms with Crippen LogP contribution >= 0.6 is 0 Å². The lowest BCUT2D eigenvalue weighted by Gasteiger charge is -2.12. The Hall–Kier alpha value is -4.12. The highest BCUT2D eigenvalue weighted by Crippen LogP contribution is 2.33. The summed E-state index contributed by atoms with van der Waals surface area (Å²) in [5.74, 6) is 1.26. The van der Waals surface area contributed by atoms with Gasteiger partial charge in [0.2, 0.25) is 5.89 Å². The molecule has 1 N–H and O–H groups in total. The van der Waals surface area contributed by atoms with Crippen molar-refractivity contribution in [1.82, 2.24) is 4.98 Å². The zero-order valence-electron chi connectivity index (χ0n) is 18.8. The Morgan fingerprint density at radius 2 is 1.79 bits per heavy atom. The number of ether oxygens (including phenoxy) is 1. The fourth-order valence-electron chi connectivity index (χ4n) is 3.98. The first-order chi connectivity index (χ1) is 16.0. The second-order valence-corrected chi connectivity index (χ2v) is 8.30. The molecule has 0 aliphatic heterocycles. The Bertz CT molecular complexity index is 1480. The first kappa shape index (κ1) is 20.8. The van der Waals surface area contributed by atoms with Crippen molar-refractivity contribution < 1.29 is 13.9 Å². The van der Waals surface area contributed by atoms with E-state index in [1.165, 1.54) is 5.56 Å². The van der Waals surface area contributed by atoms with Crippen molar-refractivity contribution in [2.24, 2.45) is 0 Å². The molecule has 1 amide bonds. The van der Waals surface area contributed by atoms with Gasteiger partial charge in [0.1, 0.15) is 11.3 Å². The van der Waals surface area contributed by atoms with Gasteiger partial charge in [-0.2, -0.15) is 0 Å². The van der Waals surface area contributed by atoms with Gasteiger partial charge in [-0.05, 0) is 58.7 Å². The van der Waals surface area contributed by atoms with Crippen LogP contribution in [0.5, 0.6) is 5.75 Å². The van der Waals surface area contributed by atoms with Crippen molar-refractivity contribution in [3.8, 4) is 17.2 Å². The van der Waals surface area contributed by atoms with Crippen molar-refractivity contribution in [2.45, 2.75) is 19.8 Å². The molecule has 0 saturated carbocycles. The van der Waals surface area contributed by atoms with Gasteiger partial charge in [-0.25, -0.2) is 4.98 Å². The summed E-state index contributed by atoms with van der Waals surface area (Å²) in [6.07, 6.45) is 0. The molecule has 1 aromatic heterocycles. The lowest BCUT2D eigenvalue weighted by Crippen LogP contribution is -2.13. The fourth-order valence-corrected chi connectivity index (χ4v) is 3.98. The number of aromatic nitrogens is 1. The number of carbonyl (C=O) groups excluding carboxylic acids is 1. The normalized spacial score (nSPS) is 11.3. The highest BCUT2D eigenvalue weighted by atomic mass is 16.5. The monoisotopic (exact) mass is 436 g/mol. The molecule has 1 heterocycles. The third-order valence-electron chi connectivity index (χ3n) is 5.81. The SMILES string of the molecule is COc1ccc(-c2nc3cc(C(C)C)ccc3o2)cc1NC(=O)c1cccc2ccccc12. The van der Waals surface area contributed by atoms with Crippen LogP contribution in [0.4, 0.5) is 5.69 Å². The van der Waals surface area contributed by atoms with Crippen molar-refractivity contribution in [1.29, 1.82) is 0 Å². The minimum absolute atomic E-state index is 0.207. The number of amides is 1. The molecule has 0 spiro atoms. The minimum atomic E-state index is -0.207. The van der Waals surface area contributed by atoms with Gasteiger partial charge in [0, 0.05) is 11.1 Å². The van der Waals surface area contributed by atoms with Crippen LogP contribution in [-0.2, 0) is 0 Å². The number of benzene rings is 4. The summed E-state index contributed by atoms with van der Waals surface area (Å²) >= 11 is 0. The molecule has 4 aromatic carbocycles. The lowest BCUT2D eigenvalue weighted by molar-refractivity contribution is 0.102. The Labute approximate surface area is 192 Å². The van der Waals surface area contributed by atoms with Gasteiger partial charge in [0.15, 0.2) is 5.58 Å². The van der Waals surface area contributed by atoms with E-state index in [0.717, 1.165) is 27.4 Å². The van der Waals surface area contributed by atoms with Crippen molar-refractivity contribution >= 4 is 33.5 Å². The van der Waals surface area contributed by atoms with Gasteiger partial charge in [-0.15, -0.1) is 0 Å². The number of hydrogen-bond acceptors (Lipinski definition) is 4. The standard InChI is InChI=1S/C28H24N2O3/c1-17(2)19-11-14-26-24(15-19)30-28(33-26)20-12-13-25(32-3)23(16-20)29-27(31)22-10-6-8-18-7-4-5-9-21(18)22/h4-17H,1-3H3,(H,29,31). The van der Waals surface area contributed by atoms with E-state index in [2.05, 4.69) is 36.3 Å². The number of hydrogen-bond donors (Lipinski definition) is 1. The van der Waals surface area contributed by atoms with Gasteiger partial charge in [-0.1, -0.05) is 56.3 Å². The van der Waals surface area contributed by atoms with Crippen LogP contribution in [0.2, 0.25) is 0 Å². The molecule has 5 nitrogen and oxygen atoms in total. The van der Waals surface area contributed by atoms with E-state index in [1.807, 2.05) is 66.7 Å². The van der Waals surface area contributed by atoms with Gasteiger partial charge < -0.3 is 14.5 Å². The highest BCUT2D eigenvalue weighted by molar-refractivity contribution is 6.13. The number of nitrogens with one attached hydrogen (secondary N) is 1. The number of nitrogens with zero attached hydrogens (tertiary/aromatic N) is 1. The van der Waals surface area contributed by atoms with E-state index in [-0.39, 0.29) is 5.91 Å². The smallest absolute Gasteiger partial charge is 0.256 e. The van der Waals surface area contributed by atoms with E-state index < -0.39 is 0 Å². The third-order valence-corrected chi connectivity index (χ3v) is 5.81. The molecule has 5 aromatic rings. The Morgan fingerprint density at radius 3 is 2.61 bits per heavy atom. The Morgan fingerprint density at radius 1 is 0.970 bits per heavy atom. The summed E-state index contributed by atoms with van der Waals surface area (Å²) in [5, 5.41) is 4.91. The summed E-state index contributed by atoms with van der Waals surface area (Å²) in [7, 11) is 1.58. The zero-order valence-corrected chi connectivity index (χ0v) is 18.8. The first-order valence-electron chi connectivity index (χ1n) is 10.9. The van der Waals surface area contributed by atoms with E-state index in [1.54, 1.807) is 7.11 Å². The number of oxazole rings is 1. The van der Waals surface area contributed by atoms with Crippen LogP contribution in [-0.4, -0.2) is 18.0 Å². The molecule has 5 heteroatoms. The van der Waals surface area contributed by atoms with Crippen LogP contribution in [0, 0.1) is 0 Å². The summed E-state index contributed by atoms with van der Waals surface area (Å²) in [6, 6.07) is 25.1. The van der Waals surface area contributed by atoms with Crippen LogP contribution < -0.4 is 10.1 Å². The van der Waals surface area contributed by atoms with Crippen molar-refractivity contribution in [2.75, 3.05) is 12.4 Å². The number of rotatable bonds is 5. The van der Waals surface area contributed by atoms with Gasteiger partial charge >= 0.3 is 0 Å². The third kappa shape index (κ3) is 3.94. The van der Waals surface area contributed by atoms with Crippen LogP contribution in [0.3, 0.4) is 0 Å². The van der Waals surface area contributed by atoms with Crippen LogP contribution in [0.15, 0.2) is 83.3 Å². The maximum Gasteiger partial charge on any atom is 0.256 e. The number of anilines is 1. The topological polar surface area (TPSA) is 64.4 Å². The van der Waals surface area contributed by atoms with Crippen molar-refractivity contribution in [3.63, 3.8) is 0 Å². The largest absolute Gasteiger partial charge is 0.495 e. The quantitative estimate of drug-likeness (QED) is 0.321. The zero-order chi connectivity index (χ0) is 22.9. The van der Waals surface area contributed by atoms with Crippen LogP contribution in [0.25, 0.3) is 33.3 Å². The van der Waals surface area contributed by atoms with Crippen LogP contribution in [0.1, 0.15) is 35.7 Å². The Balaban J connectivity index is 1.51. The summed E-state index contributed by atoms with van der Waals surface area (Å²) in [6.45, 7) is 4.30. The summed E-state index contributed by atoms with van der Waals surface area (Å²) in [4.78, 5) is 17.9. The highest BCUT2D eigenvalue weighted by Gasteiger charge is 2.16. The summed E-state index contributed by atoms with van der Waals surface area (Å²) < 4.78 is 11.5. The lowest BCUT2D eigenvalue weighted by atomic mass is 10.0. The second kappa shape index (κ2) is 8.43. The molecule has 5 rings (SSSR count). The predicted octanol–water partition coefficient (Wildman–Crippen LogP) is 7.03. The van der Waals surface area contributed by atoms with E-state index in [0.29, 0.717) is 28.8 Å². The molecular formula is C28H24N2O3. The molecule has 0 fully saturated rings. The number of carbonyl (C=O) groups is 1. The van der Waals surface area contributed by atoms with Gasteiger partial charge in [0.05, 0.1) is 12.8 Å². The average Bonchev–Trinajstić information content (AvgIpc) is 3.27. The minimum Gasteiger partial charge on any atom is -0.495 e. The van der Waals surface area contributed by atoms with E-state index in [4.69, 9.17) is 9.15 Å². The predicted molar refractivity (Wildman–Crippen MR) is 132 cm³/mol. The molecule has 0 bridgehead atoms. The number of methoxy groups -OCH3 is 1. The second-order valence-electron chi connectivity index (χ2n) is 8.30.